The third-order valence-electron chi connectivity index (χ3n) is 5.50. The summed E-state index contributed by atoms with van der Waals surface area (Å²) in [7, 11) is 0. The molecule has 2 atom stereocenters. The van der Waals surface area contributed by atoms with Crippen LogP contribution in [-0.4, -0.2) is 53.7 Å². The van der Waals surface area contributed by atoms with Crippen LogP contribution in [0.1, 0.15) is 43.1 Å². The number of carbonyl (C=O) groups is 1. The summed E-state index contributed by atoms with van der Waals surface area (Å²) >= 11 is 5.55. The van der Waals surface area contributed by atoms with E-state index < -0.39 is 67.8 Å². The molecule has 192 valence electrons. The number of rotatable bonds is 7. The molecular weight excluding hydrogens is 512 g/mol. The highest BCUT2D eigenvalue weighted by Crippen LogP contribution is 2.42. The van der Waals surface area contributed by atoms with Crippen LogP contribution >= 0.6 is 11.6 Å². The monoisotopic (exact) mass is 529 g/mol. The van der Waals surface area contributed by atoms with Gasteiger partial charge in [-0.1, -0.05) is 11.6 Å². The lowest BCUT2D eigenvalue weighted by molar-refractivity contribution is -0.352. The standard InChI is InChI=1S/C20H18ClF6N3O5/c21-12-2-1-10(5-13(12)22)32-8-16(31)28-15-7-33-14(6-19(15,23)24)18-30-29-17(34-18)9-3-11(4-9)35-20(25,26)27/h1-2,5,9,11,14-15H,3-4,6-8H2,(H,28,31)/t9-,11+,14-,15-/m0/s1. The summed E-state index contributed by atoms with van der Waals surface area (Å²) in [6.07, 6.45) is -7.92. The van der Waals surface area contributed by atoms with E-state index in [2.05, 4.69) is 20.3 Å². The average molecular weight is 530 g/mol. The molecule has 1 aliphatic heterocycles. The van der Waals surface area contributed by atoms with Gasteiger partial charge in [-0.25, -0.2) is 13.2 Å². The molecule has 1 aromatic heterocycles. The summed E-state index contributed by atoms with van der Waals surface area (Å²) in [5.41, 5.74) is 0. The number of ether oxygens (including phenoxy) is 3. The minimum absolute atomic E-state index is 0.00165. The maximum atomic E-state index is 14.7. The van der Waals surface area contributed by atoms with Crippen molar-refractivity contribution in [2.24, 2.45) is 0 Å². The van der Waals surface area contributed by atoms with Crippen molar-refractivity contribution in [1.82, 2.24) is 15.5 Å². The van der Waals surface area contributed by atoms with Gasteiger partial charge in [-0.3, -0.25) is 9.53 Å². The molecule has 15 heteroatoms. The molecule has 0 radical (unpaired) electrons. The Morgan fingerprint density at radius 3 is 2.60 bits per heavy atom. The van der Waals surface area contributed by atoms with Gasteiger partial charge in [0.1, 0.15) is 23.7 Å². The zero-order chi connectivity index (χ0) is 25.4. The molecule has 0 bridgehead atoms. The van der Waals surface area contributed by atoms with Crippen LogP contribution < -0.4 is 10.1 Å². The second-order valence-electron chi connectivity index (χ2n) is 8.10. The molecule has 1 N–H and O–H groups in total. The van der Waals surface area contributed by atoms with Gasteiger partial charge in [-0.2, -0.15) is 0 Å². The average Bonchev–Trinajstić information content (AvgIpc) is 3.21. The number of aromatic nitrogens is 2. The molecule has 1 aromatic carbocycles. The number of nitrogens with zero attached hydrogens (tertiary/aromatic N) is 2. The van der Waals surface area contributed by atoms with E-state index in [4.69, 9.17) is 25.5 Å². The number of amides is 1. The predicted octanol–water partition coefficient (Wildman–Crippen LogP) is 4.31. The highest BCUT2D eigenvalue weighted by molar-refractivity contribution is 6.30. The highest BCUT2D eigenvalue weighted by atomic mass is 35.5. The molecule has 2 aromatic rings. The summed E-state index contributed by atoms with van der Waals surface area (Å²) in [5, 5.41) is 9.38. The maximum Gasteiger partial charge on any atom is 0.522 e. The molecule has 8 nitrogen and oxygen atoms in total. The maximum absolute atomic E-state index is 14.7. The quantitative estimate of drug-likeness (QED) is 0.534. The van der Waals surface area contributed by atoms with Crippen molar-refractivity contribution in [3.8, 4) is 5.75 Å². The summed E-state index contributed by atoms with van der Waals surface area (Å²) in [4.78, 5) is 12.0. The Labute approximate surface area is 198 Å². The molecule has 2 aliphatic rings. The number of alkyl halides is 5. The molecule has 0 spiro atoms. The Bertz CT molecular complexity index is 1060. The van der Waals surface area contributed by atoms with E-state index in [1.54, 1.807) is 0 Å². The first-order chi connectivity index (χ1) is 16.4. The number of benzene rings is 1. The van der Waals surface area contributed by atoms with E-state index in [-0.39, 0.29) is 35.4 Å². The summed E-state index contributed by atoms with van der Waals surface area (Å²) in [6.45, 7) is -1.23. The zero-order valence-corrected chi connectivity index (χ0v) is 18.4. The van der Waals surface area contributed by atoms with Crippen molar-refractivity contribution in [3.63, 3.8) is 0 Å². The first-order valence-corrected chi connectivity index (χ1v) is 10.7. The van der Waals surface area contributed by atoms with Gasteiger partial charge >= 0.3 is 6.36 Å². The third-order valence-corrected chi connectivity index (χ3v) is 5.81. The van der Waals surface area contributed by atoms with Crippen molar-refractivity contribution in [3.05, 3.63) is 40.8 Å². The summed E-state index contributed by atoms with van der Waals surface area (Å²) in [5.74, 6) is -5.77. The first-order valence-electron chi connectivity index (χ1n) is 10.3. The minimum Gasteiger partial charge on any atom is -0.484 e. The molecule has 2 heterocycles. The number of carbonyl (C=O) groups excluding carboxylic acids is 1. The Kier molecular flexibility index (Phi) is 7.16. The van der Waals surface area contributed by atoms with Gasteiger partial charge in [0.25, 0.3) is 11.8 Å². The number of hydrogen-bond donors (Lipinski definition) is 1. The van der Waals surface area contributed by atoms with E-state index >= 15 is 0 Å². The van der Waals surface area contributed by atoms with Crippen molar-refractivity contribution < 1.29 is 49.8 Å². The van der Waals surface area contributed by atoms with Crippen molar-refractivity contribution >= 4 is 17.5 Å². The highest BCUT2D eigenvalue weighted by Gasteiger charge is 2.49. The van der Waals surface area contributed by atoms with Gasteiger partial charge in [0.05, 0.1) is 17.7 Å². The third kappa shape index (κ3) is 6.35. The van der Waals surface area contributed by atoms with Crippen LogP contribution in [0.2, 0.25) is 5.02 Å². The first kappa shape index (κ1) is 25.5. The van der Waals surface area contributed by atoms with Crippen LogP contribution in [-0.2, 0) is 14.3 Å². The molecule has 0 unspecified atom stereocenters. The van der Waals surface area contributed by atoms with Gasteiger partial charge in [0.15, 0.2) is 6.61 Å². The smallest absolute Gasteiger partial charge is 0.484 e. The Balaban J connectivity index is 1.26. The SMILES string of the molecule is O=C(COc1ccc(Cl)c(F)c1)N[C@H]1CO[C@H](c2nnc([C@H]3C[C@@H](OC(F)(F)F)C3)o2)CC1(F)F. The van der Waals surface area contributed by atoms with E-state index in [1.165, 1.54) is 12.1 Å². The Morgan fingerprint density at radius 2 is 1.94 bits per heavy atom. The Hall–Kier alpha value is -2.58. The number of nitrogens with one attached hydrogen (secondary N) is 1. The number of hydrogen-bond acceptors (Lipinski definition) is 7. The molecule has 1 aliphatic carbocycles. The fraction of sp³-hybridized carbons (Fsp3) is 0.550. The predicted molar refractivity (Wildman–Crippen MR) is 104 cm³/mol. The lowest BCUT2D eigenvalue weighted by atomic mass is 9.82. The lowest BCUT2D eigenvalue weighted by Gasteiger charge is -2.35. The fourth-order valence-corrected chi connectivity index (χ4v) is 3.75. The second-order valence-corrected chi connectivity index (χ2v) is 8.51. The molecule has 35 heavy (non-hydrogen) atoms. The molecule has 1 saturated heterocycles. The molecular formula is C20H18ClF6N3O5. The summed E-state index contributed by atoms with van der Waals surface area (Å²) < 4.78 is 99.1. The Morgan fingerprint density at radius 1 is 1.23 bits per heavy atom. The molecule has 4 rings (SSSR count). The molecule has 2 fully saturated rings. The van der Waals surface area contributed by atoms with E-state index in [0.717, 1.165) is 6.07 Å². The second kappa shape index (κ2) is 9.82. The van der Waals surface area contributed by atoms with Crippen LogP contribution in [0.3, 0.4) is 0 Å². The lowest BCUT2D eigenvalue weighted by Crippen LogP contribution is -2.55. The molecule has 1 saturated carbocycles. The zero-order valence-electron chi connectivity index (χ0n) is 17.7. The largest absolute Gasteiger partial charge is 0.522 e. The van der Waals surface area contributed by atoms with E-state index in [0.29, 0.717) is 0 Å². The van der Waals surface area contributed by atoms with Gasteiger partial charge in [-0.15, -0.1) is 23.4 Å². The minimum atomic E-state index is -4.75. The topological polar surface area (TPSA) is 95.7 Å². The summed E-state index contributed by atoms with van der Waals surface area (Å²) in [6, 6.07) is 1.80. The number of halogens is 7. The van der Waals surface area contributed by atoms with Crippen LogP contribution in [0, 0.1) is 5.82 Å². The van der Waals surface area contributed by atoms with Crippen LogP contribution in [0.25, 0.3) is 0 Å². The van der Waals surface area contributed by atoms with Gasteiger partial charge < -0.3 is 19.2 Å². The van der Waals surface area contributed by atoms with Crippen LogP contribution in [0.15, 0.2) is 22.6 Å². The van der Waals surface area contributed by atoms with Crippen molar-refractivity contribution in [2.45, 2.75) is 55.7 Å². The van der Waals surface area contributed by atoms with Crippen LogP contribution in [0.4, 0.5) is 26.3 Å². The van der Waals surface area contributed by atoms with Crippen molar-refractivity contribution in [1.29, 1.82) is 0 Å². The van der Waals surface area contributed by atoms with Crippen molar-refractivity contribution in [2.75, 3.05) is 13.2 Å². The molecule has 1 amide bonds. The van der Waals surface area contributed by atoms with Crippen LogP contribution in [0.5, 0.6) is 5.75 Å². The van der Waals surface area contributed by atoms with Gasteiger partial charge in [0.2, 0.25) is 11.8 Å². The normalized spacial score (nSPS) is 26.1. The van der Waals surface area contributed by atoms with E-state index in [1.807, 2.05) is 0 Å². The van der Waals surface area contributed by atoms with E-state index in [9.17, 15) is 31.1 Å². The van der Waals surface area contributed by atoms with Gasteiger partial charge in [-0.05, 0) is 25.0 Å². The fourth-order valence-electron chi connectivity index (χ4n) is 3.63. The van der Waals surface area contributed by atoms with Gasteiger partial charge in [0, 0.05) is 18.4 Å².